The Balaban J connectivity index is 2.25. The Hall–Kier alpha value is -2.70. The normalized spacial score (nSPS) is 11.4. The van der Waals surface area contributed by atoms with Crippen LogP contribution in [0.15, 0.2) is 48.5 Å². The minimum atomic E-state index is -0.704. The van der Waals surface area contributed by atoms with Crippen LogP contribution in [0.3, 0.4) is 0 Å². The third-order valence-corrected chi connectivity index (χ3v) is 5.21. The minimum absolute atomic E-state index is 0.229. The molecule has 0 saturated heterocycles. The summed E-state index contributed by atoms with van der Waals surface area (Å²) in [6, 6.07) is 13.5. The number of benzene rings is 2. The lowest BCUT2D eigenvalue weighted by Crippen LogP contribution is -2.33. The van der Waals surface area contributed by atoms with Gasteiger partial charge >= 0.3 is 6.03 Å². The average molecular weight is 433 g/mol. The number of amides is 2. The van der Waals surface area contributed by atoms with Crippen LogP contribution in [-0.4, -0.2) is 22.9 Å². The number of primary amides is 1. The van der Waals surface area contributed by atoms with Crippen LogP contribution in [0.2, 0.25) is 10.0 Å². The van der Waals surface area contributed by atoms with E-state index in [0.717, 1.165) is 11.4 Å². The SMILES string of the molecule is COc1ccc(-n2nc(C(C)(C)C)cc2N(C(N)=O)c2cccc(Cl)c2Cl)cc1. The van der Waals surface area contributed by atoms with Crippen molar-refractivity contribution >= 4 is 40.7 Å². The van der Waals surface area contributed by atoms with Crippen molar-refractivity contribution in [1.29, 1.82) is 0 Å². The van der Waals surface area contributed by atoms with Crippen LogP contribution in [0.4, 0.5) is 16.3 Å². The first-order chi connectivity index (χ1) is 13.6. The molecule has 0 unspecified atom stereocenters. The van der Waals surface area contributed by atoms with Gasteiger partial charge in [-0.15, -0.1) is 0 Å². The molecule has 0 aliphatic carbocycles. The Morgan fingerprint density at radius 2 is 1.79 bits per heavy atom. The number of nitrogens with zero attached hydrogens (tertiary/aromatic N) is 3. The maximum atomic E-state index is 12.5. The summed E-state index contributed by atoms with van der Waals surface area (Å²) in [7, 11) is 1.60. The lowest BCUT2D eigenvalue weighted by atomic mass is 9.92. The molecule has 8 heteroatoms. The van der Waals surface area contributed by atoms with E-state index in [1.54, 1.807) is 30.0 Å². The molecule has 3 rings (SSSR count). The van der Waals surface area contributed by atoms with E-state index in [9.17, 15) is 4.79 Å². The molecule has 152 valence electrons. The fraction of sp³-hybridized carbons (Fsp3) is 0.238. The van der Waals surface area contributed by atoms with Gasteiger partial charge in [0.25, 0.3) is 0 Å². The molecular formula is C21H22Cl2N4O2. The minimum Gasteiger partial charge on any atom is -0.497 e. The Morgan fingerprint density at radius 1 is 1.14 bits per heavy atom. The van der Waals surface area contributed by atoms with E-state index in [-0.39, 0.29) is 10.4 Å². The molecule has 1 aromatic heterocycles. The van der Waals surface area contributed by atoms with Crippen molar-refractivity contribution in [1.82, 2.24) is 9.78 Å². The van der Waals surface area contributed by atoms with Crippen LogP contribution < -0.4 is 15.4 Å². The lowest BCUT2D eigenvalue weighted by molar-refractivity contribution is 0.256. The topological polar surface area (TPSA) is 73.4 Å². The van der Waals surface area contributed by atoms with Gasteiger partial charge in [-0.2, -0.15) is 5.10 Å². The molecule has 1 heterocycles. The first-order valence-corrected chi connectivity index (χ1v) is 9.67. The van der Waals surface area contributed by atoms with Crippen molar-refractivity contribution in [3.05, 3.63) is 64.3 Å². The molecule has 2 N–H and O–H groups in total. The van der Waals surface area contributed by atoms with Gasteiger partial charge in [0.1, 0.15) is 11.6 Å². The Morgan fingerprint density at radius 3 is 2.34 bits per heavy atom. The van der Waals surface area contributed by atoms with Crippen LogP contribution >= 0.6 is 23.2 Å². The van der Waals surface area contributed by atoms with Crippen LogP contribution in [0.25, 0.3) is 5.69 Å². The number of aromatic nitrogens is 2. The fourth-order valence-electron chi connectivity index (χ4n) is 2.83. The molecule has 0 bridgehead atoms. The van der Waals surface area contributed by atoms with Gasteiger partial charge in [-0.05, 0) is 36.4 Å². The Kier molecular flexibility index (Phi) is 5.78. The molecule has 0 saturated carbocycles. The molecule has 6 nitrogen and oxygen atoms in total. The summed E-state index contributed by atoms with van der Waals surface area (Å²) in [5.41, 5.74) is 7.40. The highest BCUT2D eigenvalue weighted by molar-refractivity contribution is 6.44. The second kappa shape index (κ2) is 7.97. The van der Waals surface area contributed by atoms with Crippen LogP contribution in [0.5, 0.6) is 5.75 Å². The molecule has 0 atom stereocenters. The molecule has 29 heavy (non-hydrogen) atoms. The number of nitrogens with two attached hydrogens (primary N) is 1. The monoisotopic (exact) mass is 432 g/mol. The van der Waals surface area contributed by atoms with E-state index < -0.39 is 6.03 Å². The summed E-state index contributed by atoms with van der Waals surface area (Å²) in [5, 5.41) is 5.29. The Labute approximate surface area is 179 Å². The second-order valence-corrected chi connectivity index (χ2v) is 8.28. The van der Waals surface area contributed by atoms with Gasteiger partial charge in [0, 0.05) is 11.5 Å². The number of rotatable bonds is 4. The van der Waals surface area contributed by atoms with E-state index in [1.807, 2.05) is 51.1 Å². The third kappa shape index (κ3) is 4.18. The highest BCUT2D eigenvalue weighted by atomic mass is 35.5. The van der Waals surface area contributed by atoms with Crippen molar-refractivity contribution in [3.63, 3.8) is 0 Å². The average Bonchev–Trinajstić information content (AvgIpc) is 3.10. The van der Waals surface area contributed by atoms with Gasteiger partial charge in [0.15, 0.2) is 0 Å². The zero-order valence-electron chi connectivity index (χ0n) is 16.6. The molecule has 0 aliphatic heterocycles. The molecule has 0 spiro atoms. The van der Waals surface area contributed by atoms with Crippen molar-refractivity contribution < 1.29 is 9.53 Å². The summed E-state index contributed by atoms with van der Waals surface area (Å²) in [5.74, 6) is 1.17. The van der Waals surface area contributed by atoms with Gasteiger partial charge in [-0.25, -0.2) is 14.4 Å². The third-order valence-electron chi connectivity index (χ3n) is 4.40. The zero-order chi connectivity index (χ0) is 21.3. The van der Waals surface area contributed by atoms with Crippen molar-refractivity contribution in [3.8, 4) is 11.4 Å². The van der Waals surface area contributed by atoms with Crippen LogP contribution in [0.1, 0.15) is 26.5 Å². The fourth-order valence-corrected chi connectivity index (χ4v) is 3.21. The number of anilines is 2. The first-order valence-electron chi connectivity index (χ1n) is 8.92. The summed E-state index contributed by atoms with van der Waals surface area (Å²) in [6.07, 6.45) is 0. The van der Waals surface area contributed by atoms with Gasteiger partial charge < -0.3 is 10.5 Å². The number of urea groups is 1. The molecule has 3 aromatic rings. The van der Waals surface area contributed by atoms with Crippen LogP contribution in [-0.2, 0) is 5.41 Å². The van der Waals surface area contributed by atoms with Gasteiger partial charge in [-0.3, -0.25) is 0 Å². The number of hydrogen-bond donors (Lipinski definition) is 1. The predicted octanol–water partition coefficient (Wildman–Crippen LogP) is 5.70. The maximum Gasteiger partial charge on any atom is 0.325 e. The van der Waals surface area contributed by atoms with E-state index in [2.05, 4.69) is 0 Å². The number of halogens is 2. The van der Waals surface area contributed by atoms with Crippen molar-refractivity contribution in [2.75, 3.05) is 12.0 Å². The standard InChI is InChI=1S/C21H22Cl2N4O2/c1-21(2,3)17-12-18(27(25-17)13-8-10-14(29-4)11-9-13)26(20(24)28)16-7-5-6-15(22)19(16)23/h5-12H,1-4H3,(H2,24,28). The van der Waals surface area contributed by atoms with E-state index in [4.69, 9.17) is 38.8 Å². The lowest BCUT2D eigenvalue weighted by Gasteiger charge is -2.22. The van der Waals surface area contributed by atoms with Gasteiger partial charge in [0.05, 0.1) is 34.2 Å². The van der Waals surface area contributed by atoms with E-state index in [1.165, 1.54) is 4.90 Å². The summed E-state index contributed by atoms with van der Waals surface area (Å²) in [6.45, 7) is 6.12. The summed E-state index contributed by atoms with van der Waals surface area (Å²) in [4.78, 5) is 13.8. The smallest absolute Gasteiger partial charge is 0.325 e. The second-order valence-electron chi connectivity index (χ2n) is 7.49. The molecule has 2 amide bonds. The number of carbonyl (C=O) groups excluding carboxylic acids is 1. The summed E-state index contributed by atoms with van der Waals surface area (Å²) < 4.78 is 6.89. The highest BCUT2D eigenvalue weighted by Gasteiger charge is 2.28. The van der Waals surface area contributed by atoms with Gasteiger partial charge in [0.2, 0.25) is 0 Å². The van der Waals surface area contributed by atoms with E-state index >= 15 is 0 Å². The molecular weight excluding hydrogens is 411 g/mol. The number of ether oxygens (including phenoxy) is 1. The molecule has 0 aliphatic rings. The number of carbonyl (C=O) groups is 1. The first kappa shape index (κ1) is 21.0. The Bertz CT molecular complexity index is 1040. The molecule has 0 radical (unpaired) electrons. The summed E-state index contributed by atoms with van der Waals surface area (Å²) >= 11 is 12.6. The van der Waals surface area contributed by atoms with Gasteiger partial charge in [-0.1, -0.05) is 50.0 Å². The maximum absolute atomic E-state index is 12.5. The van der Waals surface area contributed by atoms with Crippen LogP contribution in [0, 0.1) is 0 Å². The zero-order valence-corrected chi connectivity index (χ0v) is 18.1. The number of hydrogen-bond acceptors (Lipinski definition) is 3. The highest BCUT2D eigenvalue weighted by Crippen LogP contribution is 2.38. The quantitative estimate of drug-likeness (QED) is 0.574. The largest absolute Gasteiger partial charge is 0.497 e. The molecule has 0 fully saturated rings. The van der Waals surface area contributed by atoms with Crippen molar-refractivity contribution in [2.24, 2.45) is 5.73 Å². The van der Waals surface area contributed by atoms with E-state index in [0.29, 0.717) is 22.3 Å². The molecule has 2 aromatic carbocycles. The predicted molar refractivity (Wildman–Crippen MR) is 117 cm³/mol. The van der Waals surface area contributed by atoms with Crippen molar-refractivity contribution in [2.45, 2.75) is 26.2 Å². The number of methoxy groups -OCH3 is 1.